The molecule has 1 heterocycles. The first-order valence-electron chi connectivity index (χ1n) is 2.59. The molecule has 1 atom stereocenters. The summed E-state index contributed by atoms with van der Waals surface area (Å²) in [7, 11) is 2.16. The summed E-state index contributed by atoms with van der Waals surface area (Å²) in [6.07, 6.45) is 0. The number of hydrogen-bond donors (Lipinski definition) is 0. The van der Waals surface area contributed by atoms with Crippen LogP contribution in [0.3, 0.4) is 0 Å². The molecule has 2 heteroatoms. The van der Waals surface area contributed by atoms with E-state index in [9.17, 15) is 0 Å². The van der Waals surface area contributed by atoms with E-state index in [1.807, 2.05) is 11.8 Å². The highest BCUT2D eigenvalue weighted by Gasteiger charge is 2.13. The van der Waals surface area contributed by atoms with Crippen molar-refractivity contribution >= 4 is 11.8 Å². The number of thioether (sulfide) groups is 1. The summed E-state index contributed by atoms with van der Waals surface area (Å²) in [5.74, 6) is 1.22. The van der Waals surface area contributed by atoms with E-state index in [1.54, 1.807) is 0 Å². The highest BCUT2D eigenvalue weighted by molar-refractivity contribution is 8.00. The lowest BCUT2D eigenvalue weighted by molar-refractivity contribution is 0.421. The predicted octanol–water partition coefficient (Wildman–Crippen LogP) is 1.01. The second-order valence-corrected chi connectivity index (χ2v) is 3.54. The number of rotatable bonds is 0. The summed E-state index contributed by atoms with van der Waals surface area (Å²) in [4.78, 5) is 2.34. The average Bonchev–Trinajstić information content (AvgIpc) is 1.87. The summed E-state index contributed by atoms with van der Waals surface area (Å²) >= 11 is 2.03. The summed E-state index contributed by atoms with van der Waals surface area (Å²) in [5.41, 5.74) is 0. The second-order valence-electron chi connectivity index (χ2n) is 2.15. The number of nitrogens with zero attached hydrogens (tertiary/aromatic N) is 1. The summed E-state index contributed by atoms with van der Waals surface area (Å²) < 4.78 is 0. The van der Waals surface area contributed by atoms with E-state index >= 15 is 0 Å². The van der Waals surface area contributed by atoms with Crippen molar-refractivity contribution in [3.63, 3.8) is 0 Å². The Bertz CT molecular complexity index is 57.1. The van der Waals surface area contributed by atoms with Gasteiger partial charge in [0.2, 0.25) is 0 Å². The molecule has 1 nitrogen and oxygen atoms in total. The lowest BCUT2D eigenvalue weighted by atomic mass is 10.5. The largest absolute Gasteiger partial charge is 0.296 e. The van der Waals surface area contributed by atoms with Crippen molar-refractivity contribution in [2.75, 3.05) is 19.5 Å². The molecular formula is C5H11NS. The van der Waals surface area contributed by atoms with Gasteiger partial charge in [-0.1, -0.05) is 6.92 Å². The third-order valence-electron chi connectivity index (χ3n) is 1.15. The van der Waals surface area contributed by atoms with Crippen LogP contribution < -0.4 is 0 Å². The highest BCUT2D eigenvalue weighted by atomic mass is 32.2. The van der Waals surface area contributed by atoms with E-state index in [0.717, 1.165) is 5.25 Å². The molecule has 0 aromatic heterocycles. The maximum atomic E-state index is 2.34. The van der Waals surface area contributed by atoms with Crippen LogP contribution in [0, 0.1) is 0 Å². The summed E-state index contributed by atoms with van der Waals surface area (Å²) in [6.45, 7) is 3.54. The third-order valence-corrected chi connectivity index (χ3v) is 2.46. The Kier molecular flexibility index (Phi) is 1.60. The fourth-order valence-electron chi connectivity index (χ4n) is 0.799. The first-order chi connectivity index (χ1) is 3.29. The maximum absolute atomic E-state index is 2.34. The van der Waals surface area contributed by atoms with E-state index in [-0.39, 0.29) is 0 Å². The second kappa shape index (κ2) is 2.05. The van der Waals surface area contributed by atoms with Crippen LogP contribution in [0.1, 0.15) is 6.92 Å². The van der Waals surface area contributed by atoms with Gasteiger partial charge < -0.3 is 0 Å². The van der Waals surface area contributed by atoms with Gasteiger partial charge in [0.05, 0.1) is 0 Å². The maximum Gasteiger partial charge on any atom is 0.0444 e. The molecule has 1 rings (SSSR count). The Morgan fingerprint density at radius 2 is 2.43 bits per heavy atom. The first-order valence-corrected chi connectivity index (χ1v) is 3.64. The van der Waals surface area contributed by atoms with E-state index < -0.39 is 0 Å². The van der Waals surface area contributed by atoms with Gasteiger partial charge in [-0.3, -0.25) is 4.90 Å². The van der Waals surface area contributed by atoms with Crippen LogP contribution in [0.15, 0.2) is 0 Å². The topological polar surface area (TPSA) is 3.24 Å². The van der Waals surface area contributed by atoms with Gasteiger partial charge in [0, 0.05) is 17.7 Å². The molecule has 1 saturated heterocycles. The van der Waals surface area contributed by atoms with Gasteiger partial charge in [-0.2, -0.15) is 0 Å². The Morgan fingerprint density at radius 3 is 2.57 bits per heavy atom. The zero-order valence-corrected chi connectivity index (χ0v) is 5.66. The van der Waals surface area contributed by atoms with Gasteiger partial charge in [-0.05, 0) is 7.05 Å². The lowest BCUT2D eigenvalue weighted by Gasteiger charge is -2.01. The van der Waals surface area contributed by atoms with Crippen LogP contribution >= 0.6 is 11.8 Å². The van der Waals surface area contributed by atoms with Crippen LogP contribution in [0.5, 0.6) is 0 Å². The van der Waals surface area contributed by atoms with Crippen molar-refractivity contribution in [1.29, 1.82) is 0 Å². The van der Waals surface area contributed by atoms with Crippen molar-refractivity contribution in [3.05, 3.63) is 0 Å². The van der Waals surface area contributed by atoms with E-state index in [2.05, 4.69) is 18.9 Å². The van der Waals surface area contributed by atoms with Gasteiger partial charge in [-0.25, -0.2) is 0 Å². The molecule has 0 aromatic rings. The SMILES string of the molecule is CC1CN(C)CS1. The molecular weight excluding hydrogens is 106 g/mol. The molecule has 7 heavy (non-hydrogen) atoms. The number of hydrogen-bond acceptors (Lipinski definition) is 2. The zero-order chi connectivity index (χ0) is 5.28. The van der Waals surface area contributed by atoms with Gasteiger partial charge in [0.15, 0.2) is 0 Å². The molecule has 1 unspecified atom stereocenters. The quantitative estimate of drug-likeness (QED) is 0.466. The Hall–Kier alpha value is 0.310. The summed E-state index contributed by atoms with van der Waals surface area (Å²) in [5, 5.41) is 0.866. The van der Waals surface area contributed by atoms with Crippen molar-refractivity contribution in [1.82, 2.24) is 4.90 Å². The Balaban J connectivity index is 2.26. The Morgan fingerprint density at radius 1 is 1.71 bits per heavy atom. The Labute approximate surface area is 49.1 Å². The van der Waals surface area contributed by atoms with Crippen molar-refractivity contribution in [2.24, 2.45) is 0 Å². The molecule has 0 saturated carbocycles. The predicted molar refractivity (Wildman–Crippen MR) is 34.5 cm³/mol. The molecule has 0 aliphatic carbocycles. The van der Waals surface area contributed by atoms with Crippen LogP contribution in [0.25, 0.3) is 0 Å². The van der Waals surface area contributed by atoms with Gasteiger partial charge >= 0.3 is 0 Å². The molecule has 42 valence electrons. The smallest absolute Gasteiger partial charge is 0.0444 e. The van der Waals surface area contributed by atoms with Crippen LogP contribution in [-0.4, -0.2) is 29.6 Å². The fourth-order valence-corrected chi connectivity index (χ4v) is 1.77. The minimum Gasteiger partial charge on any atom is -0.296 e. The van der Waals surface area contributed by atoms with Gasteiger partial charge in [0.1, 0.15) is 0 Å². The molecule has 0 N–H and O–H groups in total. The van der Waals surface area contributed by atoms with Crippen LogP contribution in [0.4, 0.5) is 0 Å². The minimum absolute atomic E-state index is 0.866. The standard InChI is InChI=1S/C5H11NS/c1-5-3-6(2)4-7-5/h5H,3-4H2,1-2H3. The molecule has 0 bridgehead atoms. The van der Waals surface area contributed by atoms with Crippen LogP contribution in [-0.2, 0) is 0 Å². The monoisotopic (exact) mass is 117 g/mol. The van der Waals surface area contributed by atoms with Gasteiger partial charge in [0.25, 0.3) is 0 Å². The van der Waals surface area contributed by atoms with Crippen LogP contribution in [0.2, 0.25) is 0 Å². The van der Waals surface area contributed by atoms with Crippen molar-refractivity contribution in [2.45, 2.75) is 12.2 Å². The molecule has 0 aromatic carbocycles. The average molecular weight is 117 g/mol. The first kappa shape index (κ1) is 5.45. The van der Waals surface area contributed by atoms with E-state index in [1.165, 1.54) is 12.4 Å². The van der Waals surface area contributed by atoms with E-state index in [4.69, 9.17) is 0 Å². The van der Waals surface area contributed by atoms with Crippen molar-refractivity contribution in [3.8, 4) is 0 Å². The normalized spacial score (nSPS) is 34.3. The van der Waals surface area contributed by atoms with E-state index in [0.29, 0.717) is 0 Å². The molecule has 1 aliphatic rings. The molecule has 1 fully saturated rings. The highest BCUT2D eigenvalue weighted by Crippen LogP contribution is 2.19. The van der Waals surface area contributed by atoms with Crippen molar-refractivity contribution < 1.29 is 0 Å². The molecule has 0 amide bonds. The fraction of sp³-hybridized carbons (Fsp3) is 1.00. The molecule has 1 aliphatic heterocycles. The minimum atomic E-state index is 0.866. The van der Waals surface area contributed by atoms with Gasteiger partial charge in [-0.15, -0.1) is 11.8 Å². The summed E-state index contributed by atoms with van der Waals surface area (Å²) in [6, 6.07) is 0. The third kappa shape index (κ3) is 1.35. The zero-order valence-electron chi connectivity index (χ0n) is 4.85. The molecule has 0 radical (unpaired) electrons. The lowest BCUT2D eigenvalue weighted by Crippen LogP contribution is -2.14. The molecule has 0 spiro atoms.